The van der Waals surface area contributed by atoms with Crippen molar-refractivity contribution in [2.75, 3.05) is 31.6 Å². The molecule has 0 radical (unpaired) electrons. The minimum Gasteiger partial charge on any atom is -0.482 e. The SMILES string of the molecule is CN1C(=O)COc2ccc(C(=O)N3CC[C@@H](c4ccccc4)[C@H](O)C3)cc21. The summed E-state index contributed by atoms with van der Waals surface area (Å²) in [5.74, 6) is 0.341. The Bertz CT molecular complexity index is 868. The quantitative estimate of drug-likeness (QED) is 0.883. The Morgan fingerprint density at radius 2 is 1.96 bits per heavy atom. The zero-order chi connectivity index (χ0) is 19.0. The lowest BCUT2D eigenvalue weighted by Crippen LogP contribution is -2.45. The molecule has 0 unspecified atom stereocenters. The lowest BCUT2D eigenvalue weighted by molar-refractivity contribution is -0.120. The second kappa shape index (κ2) is 7.04. The van der Waals surface area contributed by atoms with Crippen LogP contribution in [-0.4, -0.2) is 54.7 Å². The third-order valence-electron chi connectivity index (χ3n) is 5.39. The van der Waals surface area contributed by atoms with Crippen LogP contribution in [0.3, 0.4) is 0 Å². The molecule has 27 heavy (non-hydrogen) atoms. The first-order chi connectivity index (χ1) is 13.0. The van der Waals surface area contributed by atoms with E-state index in [0.717, 1.165) is 5.56 Å². The maximum Gasteiger partial charge on any atom is 0.264 e. The number of aliphatic hydroxyl groups is 1. The van der Waals surface area contributed by atoms with Gasteiger partial charge in [-0.2, -0.15) is 0 Å². The molecular formula is C21H22N2O4. The van der Waals surface area contributed by atoms with Gasteiger partial charge in [-0.3, -0.25) is 9.59 Å². The number of carbonyl (C=O) groups excluding carboxylic acids is 2. The number of benzene rings is 2. The van der Waals surface area contributed by atoms with Crippen LogP contribution in [-0.2, 0) is 4.79 Å². The van der Waals surface area contributed by atoms with E-state index < -0.39 is 6.10 Å². The van der Waals surface area contributed by atoms with Crippen molar-refractivity contribution in [3.05, 3.63) is 59.7 Å². The van der Waals surface area contributed by atoms with Crippen molar-refractivity contribution in [1.82, 2.24) is 4.90 Å². The van der Waals surface area contributed by atoms with Gasteiger partial charge in [-0.15, -0.1) is 0 Å². The van der Waals surface area contributed by atoms with Gasteiger partial charge >= 0.3 is 0 Å². The molecule has 1 saturated heterocycles. The summed E-state index contributed by atoms with van der Waals surface area (Å²) in [6.45, 7) is 0.883. The Labute approximate surface area is 158 Å². The summed E-state index contributed by atoms with van der Waals surface area (Å²) in [6.07, 6.45) is 0.110. The summed E-state index contributed by atoms with van der Waals surface area (Å²) in [7, 11) is 1.67. The molecule has 0 spiro atoms. The predicted octanol–water partition coefficient (Wildman–Crippen LogP) is 2.03. The number of piperidine rings is 1. The van der Waals surface area contributed by atoms with E-state index in [4.69, 9.17) is 4.74 Å². The Morgan fingerprint density at radius 1 is 1.19 bits per heavy atom. The van der Waals surface area contributed by atoms with Crippen LogP contribution in [0.1, 0.15) is 28.3 Å². The first-order valence-electron chi connectivity index (χ1n) is 9.10. The number of aliphatic hydroxyl groups excluding tert-OH is 1. The average molecular weight is 366 g/mol. The van der Waals surface area contributed by atoms with Gasteiger partial charge in [0.2, 0.25) is 0 Å². The number of fused-ring (bicyclic) bond motifs is 1. The molecule has 1 N–H and O–H groups in total. The van der Waals surface area contributed by atoms with Gasteiger partial charge < -0.3 is 19.6 Å². The molecule has 6 nitrogen and oxygen atoms in total. The van der Waals surface area contributed by atoms with Crippen molar-refractivity contribution in [3.8, 4) is 5.75 Å². The summed E-state index contributed by atoms with van der Waals surface area (Å²) in [4.78, 5) is 27.9. The highest BCUT2D eigenvalue weighted by Crippen LogP contribution is 2.33. The van der Waals surface area contributed by atoms with Crippen LogP contribution in [0.5, 0.6) is 5.75 Å². The monoisotopic (exact) mass is 366 g/mol. The van der Waals surface area contributed by atoms with E-state index in [2.05, 4.69) is 0 Å². The lowest BCUT2D eigenvalue weighted by Gasteiger charge is -2.36. The molecule has 2 aliphatic rings. The molecule has 2 aromatic rings. The van der Waals surface area contributed by atoms with Gasteiger partial charge in [0.1, 0.15) is 5.75 Å². The second-order valence-corrected chi connectivity index (χ2v) is 7.05. The Morgan fingerprint density at radius 3 is 2.70 bits per heavy atom. The van der Waals surface area contributed by atoms with Crippen LogP contribution >= 0.6 is 0 Å². The summed E-state index contributed by atoms with van der Waals surface area (Å²) in [6, 6.07) is 15.0. The number of carbonyl (C=O) groups is 2. The molecule has 1 fully saturated rings. The zero-order valence-corrected chi connectivity index (χ0v) is 15.2. The molecular weight excluding hydrogens is 344 g/mol. The highest BCUT2D eigenvalue weighted by Gasteiger charge is 2.32. The zero-order valence-electron chi connectivity index (χ0n) is 15.2. The summed E-state index contributed by atoms with van der Waals surface area (Å²) in [5, 5.41) is 10.6. The summed E-state index contributed by atoms with van der Waals surface area (Å²) >= 11 is 0. The third kappa shape index (κ3) is 3.28. The van der Waals surface area contributed by atoms with Gasteiger partial charge in [0.15, 0.2) is 6.61 Å². The minimum atomic E-state index is -0.602. The van der Waals surface area contributed by atoms with E-state index in [9.17, 15) is 14.7 Å². The molecule has 0 bridgehead atoms. The van der Waals surface area contributed by atoms with Crippen molar-refractivity contribution >= 4 is 17.5 Å². The van der Waals surface area contributed by atoms with Crippen molar-refractivity contribution in [3.63, 3.8) is 0 Å². The van der Waals surface area contributed by atoms with Crippen LogP contribution in [0.15, 0.2) is 48.5 Å². The van der Waals surface area contributed by atoms with Crippen molar-refractivity contribution < 1.29 is 19.4 Å². The second-order valence-electron chi connectivity index (χ2n) is 7.05. The van der Waals surface area contributed by atoms with Gasteiger partial charge in [-0.25, -0.2) is 0 Å². The van der Waals surface area contributed by atoms with E-state index in [-0.39, 0.29) is 24.3 Å². The van der Waals surface area contributed by atoms with Crippen LogP contribution in [0.2, 0.25) is 0 Å². The van der Waals surface area contributed by atoms with Crippen molar-refractivity contribution in [2.24, 2.45) is 0 Å². The van der Waals surface area contributed by atoms with Crippen LogP contribution < -0.4 is 9.64 Å². The number of amides is 2. The Hall–Kier alpha value is -2.86. The number of β-amino-alcohol motifs (C(OH)–C–C–N with tert-alkyl or cyclic N) is 1. The van der Waals surface area contributed by atoms with Gasteiger partial charge in [-0.1, -0.05) is 30.3 Å². The fourth-order valence-electron chi connectivity index (χ4n) is 3.79. The minimum absolute atomic E-state index is 0.00991. The predicted molar refractivity (Wildman–Crippen MR) is 101 cm³/mol. The fourth-order valence-corrected chi connectivity index (χ4v) is 3.79. The lowest BCUT2D eigenvalue weighted by atomic mass is 9.87. The fraction of sp³-hybridized carbons (Fsp3) is 0.333. The molecule has 6 heteroatoms. The smallest absolute Gasteiger partial charge is 0.264 e. The number of rotatable bonds is 2. The summed E-state index contributed by atoms with van der Waals surface area (Å²) < 4.78 is 5.41. The van der Waals surface area contributed by atoms with Gasteiger partial charge in [-0.05, 0) is 30.2 Å². The molecule has 0 saturated carbocycles. The normalized spacial score (nSPS) is 22.2. The van der Waals surface area contributed by atoms with Crippen LogP contribution in [0, 0.1) is 0 Å². The summed E-state index contributed by atoms with van der Waals surface area (Å²) in [5.41, 5.74) is 2.18. The molecule has 140 valence electrons. The van der Waals surface area contributed by atoms with Gasteiger partial charge in [0, 0.05) is 31.6 Å². The van der Waals surface area contributed by atoms with E-state index in [1.54, 1.807) is 30.1 Å². The number of nitrogens with zero attached hydrogens (tertiary/aromatic N) is 2. The van der Waals surface area contributed by atoms with Gasteiger partial charge in [0.25, 0.3) is 11.8 Å². The van der Waals surface area contributed by atoms with Crippen LogP contribution in [0.4, 0.5) is 5.69 Å². The molecule has 4 rings (SSSR count). The molecule has 2 atom stereocenters. The van der Waals surface area contributed by atoms with Crippen molar-refractivity contribution in [1.29, 1.82) is 0 Å². The van der Waals surface area contributed by atoms with E-state index >= 15 is 0 Å². The van der Waals surface area contributed by atoms with E-state index in [1.165, 1.54) is 4.90 Å². The maximum atomic E-state index is 12.9. The number of ether oxygens (including phenoxy) is 1. The number of likely N-dealkylation sites (N-methyl/N-ethyl adjacent to an activating group) is 1. The molecule has 0 aliphatic carbocycles. The first-order valence-corrected chi connectivity index (χ1v) is 9.10. The van der Waals surface area contributed by atoms with Crippen molar-refractivity contribution in [2.45, 2.75) is 18.4 Å². The third-order valence-corrected chi connectivity index (χ3v) is 5.39. The Balaban J connectivity index is 1.50. The molecule has 2 amide bonds. The molecule has 2 aliphatic heterocycles. The number of hydrogen-bond acceptors (Lipinski definition) is 4. The van der Waals surface area contributed by atoms with Crippen LogP contribution in [0.25, 0.3) is 0 Å². The number of anilines is 1. The van der Waals surface area contributed by atoms with E-state index in [1.807, 2.05) is 30.3 Å². The van der Waals surface area contributed by atoms with Gasteiger partial charge in [0.05, 0.1) is 11.8 Å². The Kier molecular flexibility index (Phi) is 4.58. The molecule has 0 aromatic heterocycles. The average Bonchev–Trinajstić information content (AvgIpc) is 2.70. The standard InChI is InChI=1S/C21H22N2O4/c1-22-17-11-15(7-8-19(17)27-13-20(22)25)21(26)23-10-9-16(18(24)12-23)14-5-3-2-4-6-14/h2-8,11,16,18,24H,9-10,12-13H2,1H3/t16-,18+/m0/s1. The first kappa shape index (κ1) is 17.5. The molecule has 2 heterocycles. The number of likely N-dealkylation sites (tertiary alicyclic amines) is 1. The maximum absolute atomic E-state index is 12.9. The highest BCUT2D eigenvalue weighted by molar-refractivity contribution is 6.01. The molecule has 2 aromatic carbocycles. The van der Waals surface area contributed by atoms with E-state index in [0.29, 0.717) is 36.5 Å². The largest absolute Gasteiger partial charge is 0.482 e. The number of hydrogen-bond donors (Lipinski definition) is 1. The topological polar surface area (TPSA) is 70.1 Å². The highest BCUT2D eigenvalue weighted by atomic mass is 16.5.